The molecule has 5 aromatic carbocycles. The zero-order valence-electron chi connectivity index (χ0n) is 26.0. The van der Waals surface area contributed by atoms with E-state index in [9.17, 15) is 0 Å². The highest BCUT2D eigenvalue weighted by atomic mass is 14.6. The highest BCUT2D eigenvalue weighted by Gasteiger charge is 2.32. The Bertz CT molecular complexity index is 2240. The largest absolute Gasteiger partial charge is 0.405 e. The molecule has 0 bridgehead atoms. The van der Waals surface area contributed by atoms with Gasteiger partial charge in [-0.1, -0.05) is 115 Å². The van der Waals surface area contributed by atoms with Crippen molar-refractivity contribution in [2.45, 2.75) is 25.7 Å². The summed E-state index contributed by atoms with van der Waals surface area (Å²) in [5, 5.41) is 7.84. The molecule has 0 amide bonds. The zero-order chi connectivity index (χ0) is 31.0. The van der Waals surface area contributed by atoms with E-state index in [1.807, 2.05) is 24.5 Å². The predicted molar refractivity (Wildman–Crippen MR) is 196 cm³/mol. The van der Waals surface area contributed by atoms with Crippen LogP contribution < -0.4 is 5.73 Å². The summed E-state index contributed by atoms with van der Waals surface area (Å²) in [5.74, 6) is 0.639. The van der Waals surface area contributed by atoms with Gasteiger partial charge in [-0.25, -0.2) is 0 Å². The van der Waals surface area contributed by atoms with Crippen LogP contribution in [0.3, 0.4) is 0 Å². The maximum atomic E-state index is 5.60. The Morgan fingerprint density at radius 3 is 2.24 bits per heavy atom. The van der Waals surface area contributed by atoms with Crippen molar-refractivity contribution in [3.63, 3.8) is 0 Å². The van der Waals surface area contributed by atoms with E-state index in [0.717, 1.165) is 29.5 Å². The Kier molecular flexibility index (Phi) is 7.19. The lowest BCUT2D eigenvalue weighted by molar-refractivity contribution is 0.513. The van der Waals surface area contributed by atoms with Crippen molar-refractivity contribution >= 4 is 43.5 Å². The normalized spacial score (nSPS) is 18.2. The maximum absolute atomic E-state index is 5.60. The molecule has 0 spiro atoms. The number of benzene rings is 5. The number of rotatable bonds is 5. The van der Waals surface area contributed by atoms with E-state index in [1.54, 1.807) is 6.20 Å². The number of allylic oxidation sites excluding steroid dienone is 9. The van der Waals surface area contributed by atoms with Gasteiger partial charge in [0.2, 0.25) is 0 Å². The smallest absolute Gasteiger partial charge is 0.0346 e. The topological polar surface area (TPSA) is 38.9 Å². The molecule has 46 heavy (non-hydrogen) atoms. The van der Waals surface area contributed by atoms with Crippen LogP contribution in [-0.2, 0) is 0 Å². The first kappa shape index (κ1) is 28.0. The van der Waals surface area contributed by atoms with Gasteiger partial charge in [-0.05, 0) is 121 Å². The van der Waals surface area contributed by atoms with Crippen molar-refractivity contribution < 1.29 is 0 Å². The Balaban J connectivity index is 1.31. The number of pyridine rings is 1. The van der Waals surface area contributed by atoms with Gasteiger partial charge >= 0.3 is 0 Å². The van der Waals surface area contributed by atoms with Crippen molar-refractivity contribution in [3.8, 4) is 11.1 Å². The molecule has 2 N–H and O–H groups in total. The van der Waals surface area contributed by atoms with Gasteiger partial charge in [0.05, 0.1) is 0 Å². The lowest BCUT2D eigenvalue weighted by Gasteiger charge is -2.35. The molecule has 1 heterocycles. The maximum Gasteiger partial charge on any atom is 0.0346 e. The van der Waals surface area contributed by atoms with E-state index >= 15 is 0 Å². The van der Waals surface area contributed by atoms with E-state index in [2.05, 4.69) is 133 Å². The van der Waals surface area contributed by atoms with Gasteiger partial charge in [-0.3, -0.25) is 4.98 Å². The van der Waals surface area contributed by atoms with E-state index < -0.39 is 0 Å². The minimum Gasteiger partial charge on any atom is -0.405 e. The van der Waals surface area contributed by atoms with Gasteiger partial charge in [0.25, 0.3) is 0 Å². The molecule has 2 aliphatic rings. The summed E-state index contributed by atoms with van der Waals surface area (Å²) >= 11 is 0. The average molecular weight is 593 g/mol. The van der Waals surface area contributed by atoms with Gasteiger partial charge in [-0.2, -0.15) is 0 Å². The van der Waals surface area contributed by atoms with Gasteiger partial charge in [0, 0.05) is 23.9 Å². The zero-order valence-corrected chi connectivity index (χ0v) is 26.0. The quantitative estimate of drug-likeness (QED) is 0.160. The van der Waals surface area contributed by atoms with Crippen LogP contribution in [0, 0.1) is 5.92 Å². The van der Waals surface area contributed by atoms with E-state index in [0.29, 0.717) is 5.92 Å². The lowest BCUT2D eigenvalue weighted by atomic mass is 9.69. The molecular formula is C44H36N2. The summed E-state index contributed by atoms with van der Waals surface area (Å²) in [6.07, 6.45) is 21.2. The molecule has 2 aliphatic carbocycles. The number of fused-ring (bicyclic) bond motifs is 4. The number of aromatic nitrogens is 1. The summed E-state index contributed by atoms with van der Waals surface area (Å²) in [4.78, 5) is 4.65. The summed E-state index contributed by atoms with van der Waals surface area (Å²) in [5.41, 5.74) is 15.7. The van der Waals surface area contributed by atoms with Crippen molar-refractivity contribution in [3.05, 3.63) is 174 Å². The molecule has 8 rings (SSSR count). The Hall–Kier alpha value is -5.47. The van der Waals surface area contributed by atoms with Crippen LogP contribution in [0.1, 0.15) is 42.4 Å². The molecule has 6 aromatic rings. The SMILES string of the molecule is C/C(=C\C=C/N)c1cncc(C2=C3C=CCCC3C(c3c4ccccc4c(-c4ccc5ccccc5c4)c4ccccc34)C=C2)c1. The second kappa shape index (κ2) is 11.8. The van der Waals surface area contributed by atoms with Crippen LogP contribution in [-0.4, -0.2) is 4.98 Å². The van der Waals surface area contributed by atoms with Crippen LogP contribution in [0.15, 0.2) is 158 Å². The molecule has 2 heteroatoms. The number of hydrogen-bond donors (Lipinski definition) is 1. The molecule has 2 nitrogen and oxygen atoms in total. The minimum absolute atomic E-state index is 0.261. The molecule has 0 saturated heterocycles. The highest BCUT2D eigenvalue weighted by Crippen LogP contribution is 2.50. The first-order valence-electron chi connectivity index (χ1n) is 16.2. The Morgan fingerprint density at radius 2 is 1.48 bits per heavy atom. The van der Waals surface area contributed by atoms with Crippen molar-refractivity contribution in [2.24, 2.45) is 11.7 Å². The monoisotopic (exact) mass is 592 g/mol. The van der Waals surface area contributed by atoms with E-state index in [-0.39, 0.29) is 5.92 Å². The minimum atomic E-state index is 0.261. The summed E-state index contributed by atoms with van der Waals surface area (Å²) in [7, 11) is 0. The molecule has 0 fully saturated rings. The summed E-state index contributed by atoms with van der Waals surface area (Å²) < 4.78 is 0. The molecule has 1 aromatic heterocycles. The van der Waals surface area contributed by atoms with Crippen LogP contribution >= 0.6 is 0 Å². The van der Waals surface area contributed by atoms with Crippen LogP contribution in [0.25, 0.3) is 54.6 Å². The third kappa shape index (κ3) is 4.78. The van der Waals surface area contributed by atoms with Gasteiger partial charge in [0.15, 0.2) is 0 Å². The third-order valence-corrected chi connectivity index (χ3v) is 9.86. The van der Waals surface area contributed by atoms with Crippen molar-refractivity contribution in [1.29, 1.82) is 0 Å². The summed E-state index contributed by atoms with van der Waals surface area (Å²) in [6, 6.07) is 35.9. The van der Waals surface area contributed by atoms with Crippen LogP contribution in [0.4, 0.5) is 0 Å². The lowest BCUT2D eigenvalue weighted by Crippen LogP contribution is -2.20. The fourth-order valence-corrected chi connectivity index (χ4v) is 7.69. The fraction of sp³-hybridized carbons (Fsp3) is 0.114. The van der Waals surface area contributed by atoms with Gasteiger partial charge in [0.1, 0.15) is 0 Å². The third-order valence-electron chi connectivity index (χ3n) is 9.86. The molecule has 0 aliphatic heterocycles. The first-order chi connectivity index (χ1) is 22.7. The van der Waals surface area contributed by atoms with Crippen molar-refractivity contribution in [1.82, 2.24) is 4.98 Å². The predicted octanol–water partition coefficient (Wildman–Crippen LogP) is 11.2. The van der Waals surface area contributed by atoms with Crippen LogP contribution in [0.2, 0.25) is 0 Å². The van der Waals surface area contributed by atoms with Gasteiger partial charge < -0.3 is 5.73 Å². The molecular weight excluding hydrogens is 556 g/mol. The molecule has 2 unspecified atom stereocenters. The number of hydrogen-bond acceptors (Lipinski definition) is 2. The Labute approximate surface area is 270 Å². The fourth-order valence-electron chi connectivity index (χ4n) is 7.69. The molecule has 0 saturated carbocycles. The van der Waals surface area contributed by atoms with E-state index in [1.165, 1.54) is 60.2 Å². The van der Waals surface area contributed by atoms with E-state index in [4.69, 9.17) is 5.73 Å². The second-order valence-electron chi connectivity index (χ2n) is 12.5. The van der Waals surface area contributed by atoms with Gasteiger partial charge in [-0.15, -0.1) is 0 Å². The molecule has 222 valence electrons. The average Bonchev–Trinajstić information content (AvgIpc) is 3.12. The first-order valence-corrected chi connectivity index (χ1v) is 16.2. The second-order valence-corrected chi connectivity index (χ2v) is 12.5. The molecule has 0 radical (unpaired) electrons. The molecule has 2 atom stereocenters. The highest BCUT2D eigenvalue weighted by molar-refractivity contribution is 6.16. The number of nitrogens with zero attached hydrogens (tertiary/aromatic N) is 1. The number of nitrogens with two attached hydrogens (primary N) is 1. The van der Waals surface area contributed by atoms with Crippen molar-refractivity contribution in [2.75, 3.05) is 0 Å². The van der Waals surface area contributed by atoms with Crippen LogP contribution in [0.5, 0.6) is 0 Å². The summed E-state index contributed by atoms with van der Waals surface area (Å²) in [6.45, 7) is 2.10. The standard InChI is InChI=1S/C44H36N2/c1-29(11-10-24-45)33-26-34(28-46-27-33)35-22-23-42(37-15-5-4-14-36(35)37)44-40-18-8-6-16-38(40)43(39-17-7-9-19-41(39)44)32-21-20-30-12-2-3-13-31(30)25-32/h2-4,6-14,16-28,37,42H,5,15,45H2,1H3/b24-10-,29-11+. The Morgan fingerprint density at radius 1 is 0.761 bits per heavy atom.